The molecule has 2 rings (SSSR count). The molecule has 0 saturated heterocycles. The van der Waals surface area contributed by atoms with Gasteiger partial charge in [-0.15, -0.1) is 0 Å². The predicted octanol–water partition coefficient (Wildman–Crippen LogP) is 3.03. The van der Waals surface area contributed by atoms with E-state index in [1.807, 2.05) is 19.1 Å². The highest BCUT2D eigenvalue weighted by atomic mass is 32.2. The highest BCUT2D eigenvalue weighted by molar-refractivity contribution is 7.92. The van der Waals surface area contributed by atoms with Crippen molar-refractivity contribution in [2.24, 2.45) is 5.92 Å². The average Bonchev–Trinajstić information content (AvgIpc) is 2.63. The van der Waals surface area contributed by atoms with Crippen LogP contribution < -0.4 is 19.5 Å². The predicted molar refractivity (Wildman–Crippen MR) is 106 cm³/mol. The van der Waals surface area contributed by atoms with Crippen LogP contribution in [0.2, 0.25) is 0 Å². The first kappa shape index (κ1) is 20.6. The minimum atomic E-state index is -3.67. The van der Waals surface area contributed by atoms with Gasteiger partial charge in [-0.2, -0.15) is 0 Å². The average molecular weight is 392 g/mol. The van der Waals surface area contributed by atoms with Gasteiger partial charge in [0.1, 0.15) is 11.5 Å². The minimum absolute atomic E-state index is 0.342. The zero-order chi connectivity index (χ0) is 20.0. The first-order valence-electron chi connectivity index (χ1n) is 8.34. The van der Waals surface area contributed by atoms with E-state index in [-0.39, 0.29) is 5.75 Å². The fourth-order valence-electron chi connectivity index (χ4n) is 2.41. The molecule has 0 saturated carbocycles. The lowest BCUT2D eigenvalue weighted by atomic mass is 10.2. The van der Waals surface area contributed by atoms with Crippen molar-refractivity contribution in [1.29, 1.82) is 0 Å². The Morgan fingerprint density at radius 1 is 1.07 bits per heavy atom. The maximum absolute atomic E-state index is 12.4. The van der Waals surface area contributed by atoms with E-state index in [4.69, 9.17) is 9.47 Å². The lowest BCUT2D eigenvalue weighted by Gasteiger charge is -2.16. The molecule has 1 atom stereocenters. The molecule has 0 aromatic heterocycles. The second-order valence-electron chi connectivity index (χ2n) is 6.21. The van der Waals surface area contributed by atoms with Gasteiger partial charge in [-0.1, -0.05) is 24.6 Å². The van der Waals surface area contributed by atoms with Crippen molar-refractivity contribution in [3.8, 4) is 11.5 Å². The van der Waals surface area contributed by atoms with Gasteiger partial charge in [0.2, 0.25) is 15.9 Å². The number of ether oxygens (including phenoxy) is 2. The van der Waals surface area contributed by atoms with Crippen LogP contribution in [0.5, 0.6) is 11.5 Å². The summed E-state index contributed by atoms with van der Waals surface area (Å²) < 4.78 is 37.5. The summed E-state index contributed by atoms with van der Waals surface area (Å²) in [5.74, 6) is -0.517. The fourth-order valence-corrected chi connectivity index (χ4v) is 3.79. The van der Waals surface area contributed by atoms with Crippen molar-refractivity contribution in [3.63, 3.8) is 0 Å². The van der Waals surface area contributed by atoms with E-state index in [1.54, 1.807) is 37.3 Å². The molecule has 0 aliphatic heterocycles. The van der Waals surface area contributed by atoms with Crippen molar-refractivity contribution in [1.82, 2.24) is 0 Å². The van der Waals surface area contributed by atoms with Gasteiger partial charge < -0.3 is 14.8 Å². The second kappa shape index (κ2) is 8.77. The number of benzene rings is 2. The van der Waals surface area contributed by atoms with Gasteiger partial charge >= 0.3 is 0 Å². The molecule has 8 heteroatoms. The van der Waals surface area contributed by atoms with Crippen molar-refractivity contribution in [2.75, 3.05) is 30.0 Å². The first-order chi connectivity index (χ1) is 12.7. The molecule has 0 spiro atoms. The number of anilines is 2. The Labute approximate surface area is 159 Å². The van der Waals surface area contributed by atoms with E-state index >= 15 is 0 Å². The highest BCUT2D eigenvalue weighted by Gasteiger charge is 2.22. The molecule has 2 N–H and O–H groups in total. The minimum Gasteiger partial charge on any atom is -0.497 e. The van der Waals surface area contributed by atoms with Crippen molar-refractivity contribution < 1.29 is 22.7 Å². The topological polar surface area (TPSA) is 93.7 Å². The molecule has 0 fully saturated rings. The van der Waals surface area contributed by atoms with Crippen LogP contribution in [0.25, 0.3) is 0 Å². The number of carbonyl (C=O) groups is 1. The van der Waals surface area contributed by atoms with Crippen LogP contribution in [0, 0.1) is 12.8 Å². The number of nitrogens with one attached hydrogen (secondary N) is 2. The summed E-state index contributed by atoms with van der Waals surface area (Å²) in [5, 5.41) is 2.69. The third kappa shape index (κ3) is 5.89. The Morgan fingerprint density at radius 2 is 1.74 bits per heavy atom. The molecular weight excluding hydrogens is 368 g/mol. The van der Waals surface area contributed by atoms with Gasteiger partial charge in [-0.05, 0) is 31.2 Å². The summed E-state index contributed by atoms with van der Waals surface area (Å²) in [6.45, 7) is 3.47. The zero-order valence-corrected chi connectivity index (χ0v) is 16.6. The number of aryl methyl sites for hydroxylation is 1. The van der Waals surface area contributed by atoms with Gasteiger partial charge in [0.15, 0.2) is 0 Å². The van der Waals surface area contributed by atoms with Crippen molar-refractivity contribution in [2.45, 2.75) is 13.8 Å². The SMILES string of the molecule is COc1ccc(NC(=O)C(C)CS(=O)(=O)Nc2ccc(C)cc2)c(OC)c1. The van der Waals surface area contributed by atoms with Crippen LogP contribution in [0.3, 0.4) is 0 Å². The van der Waals surface area contributed by atoms with Gasteiger partial charge in [0, 0.05) is 11.8 Å². The molecule has 0 aliphatic carbocycles. The molecular formula is C19H24N2O5S. The Bertz CT molecular complexity index is 895. The molecule has 0 aliphatic rings. The Morgan fingerprint density at radius 3 is 2.33 bits per heavy atom. The lowest BCUT2D eigenvalue weighted by molar-refractivity contribution is -0.118. The van der Waals surface area contributed by atoms with E-state index in [0.29, 0.717) is 22.9 Å². The first-order valence-corrected chi connectivity index (χ1v) is 9.99. The van der Waals surface area contributed by atoms with E-state index in [1.165, 1.54) is 14.2 Å². The Hall–Kier alpha value is -2.74. The van der Waals surface area contributed by atoms with Crippen molar-refractivity contribution >= 4 is 27.3 Å². The number of methoxy groups -OCH3 is 2. The zero-order valence-electron chi connectivity index (χ0n) is 15.8. The number of carbonyl (C=O) groups excluding carboxylic acids is 1. The Kier molecular flexibility index (Phi) is 6.68. The smallest absolute Gasteiger partial charge is 0.233 e. The molecule has 0 heterocycles. The van der Waals surface area contributed by atoms with E-state index in [0.717, 1.165) is 5.56 Å². The second-order valence-corrected chi connectivity index (χ2v) is 7.97. The lowest BCUT2D eigenvalue weighted by Crippen LogP contribution is -2.30. The molecule has 1 unspecified atom stereocenters. The van der Waals surface area contributed by atoms with Crippen LogP contribution in [0.4, 0.5) is 11.4 Å². The number of hydrogen-bond acceptors (Lipinski definition) is 5. The van der Waals surface area contributed by atoms with E-state index in [9.17, 15) is 13.2 Å². The summed E-state index contributed by atoms with van der Waals surface area (Å²) in [6.07, 6.45) is 0. The van der Waals surface area contributed by atoms with Crippen LogP contribution >= 0.6 is 0 Å². The van der Waals surface area contributed by atoms with Crippen LogP contribution in [0.15, 0.2) is 42.5 Å². The third-order valence-corrected chi connectivity index (χ3v) is 5.39. The summed E-state index contributed by atoms with van der Waals surface area (Å²) >= 11 is 0. The molecule has 146 valence electrons. The number of sulfonamides is 1. The Balaban J connectivity index is 2.03. The van der Waals surface area contributed by atoms with Crippen LogP contribution in [-0.2, 0) is 14.8 Å². The molecule has 27 heavy (non-hydrogen) atoms. The summed E-state index contributed by atoms with van der Waals surface area (Å²) in [4.78, 5) is 12.4. The van der Waals surface area contributed by atoms with Gasteiger partial charge in [0.05, 0.1) is 31.6 Å². The van der Waals surface area contributed by atoms with E-state index in [2.05, 4.69) is 10.0 Å². The fraction of sp³-hybridized carbons (Fsp3) is 0.316. The molecule has 2 aromatic carbocycles. The van der Waals surface area contributed by atoms with Gasteiger partial charge in [0.25, 0.3) is 0 Å². The van der Waals surface area contributed by atoms with Crippen LogP contribution in [0.1, 0.15) is 12.5 Å². The molecule has 2 aromatic rings. The quantitative estimate of drug-likeness (QED) is 0.720. The van der Waals surface area contributed by atoms with E-state index < -0.39 is 21.8 Å². The summed E-state index contributed by atoms with van der Waals surface area (Å²) in [7, 11) is -0.668. The number of amides is 1. The van der Waals surface area contributed by atoms with Crippen LogP contribution in [-0.4, -0.2) is 34.3 Å². The highest BCUT2D eigenvalue weighted by Crippen LogP contribution is 2.29. The normalized spacial score (nSPS) is 12.1. The number of rotatable bonds is 8. The molecule has 0 radical (unpaired) electrons. The molecule has 1 amide bonds. The maximum atomic E-state index is 12.4. The van der Waals surface area contributed by atoms with Crippen molar-refractivity contribution in [3.05, 3.63) is 48.0 Å². The van der Waals surface area contributed by atoms with Gasteiger partial charge in [-0.3, -0.25) is 9.52 Å². The maximum Gasteiger partial charge on any atom is 0.233 e. The largest absolute Gasteiger partial charge is 0.497 e. The van der Waals surface area contributed by atoms with Gasteiger partial charge in [-0.25, -0.2) is 8.42 Å². The standard InChI is InChI=1S/C19H24N2O5S/c1-13-5-7-15(8-6-13)21-27(23,24)12-14(2)19(22)20-17-10-9-16(25-3)11-18(17)26-4/h5-11,14,21H,12H2,1-4H3,(H,20,22). The summed E-state index contributed by atoms with van der Waals surface area (Å²) in [6, 6.07) is 11.9. The summed E-state index contributed by atoms with van der Waals surface area (Å²) in [5.41, 5.74) is 1.93. The molecule has 7 nitrogen and oxygen atoms in total. The molecule has 0 bridgehead atoms. The third-order valence-electron chi connectivity index (χ3n) is 3.91. The monoisotopic (exact) mass is 392 g/mol. The number of hydrogen-bond donors (Lipinski definition) is 2.